The summed E-state index contributed by atoms with van der Waals surface area (Å²) >= 11 is 0. The highest BCUT2D eigenvalue weighted by molar-refractivity contribution is 6.09. The van der Waals surface area contributed by atoms with Crippen LogP contribution in [-0.4, -0.2) is 12.9 Å². The Balaban J connectivity index is 2.24. The minimum absolute atomic E-state index is 0.0134. The maximum Gasteiger partial charge on any atom is 0.193 e. The van der Waals surface area contributed by atoms with Crippen LogP contribution in [0.3, 0.4) is 0 Å². The smallest absolute Gasteiger partial charge is 0.193 e. The third-order valence-electron chi connectivity index (χ3n) is 3.37. The predicted molar refractivity (Wildman–Crippen MR) is 80.1 cm³/mol. The van der Waals surface area contributed by atoms with Crippen LogP contribution in [0.15, 0.2) is 48.5 Å². The van der Waals surface area contributed by atoms with E-state index in [2.05, 4.69) is 0 Å². The summed E-state index contributed by atoms with van der Waals surface area (Å²) in [4.78, 5) is 12.4. The van der Waals surface area contributed by atoms with Crippen molar-refractivity contribution in [2.75, 3.05) is 7.11 Å². The molecule has 0 fully saturated rings. The zero-order chi connectivity index (χ0) is 14.5. The van der Waals surface area contributed by atoms with Gasteiger partial charge in [0, 0.05) is 17.2 Å². The molecule has 0 aliphatic rings. The molecular weight excluding hydrogens is 250 g/mol. The van der Waals surface area contributed by atoms with Gasteiger partial charge in [-0.1, -0.05) is 43.3 Å². The topological polar surface area (TPSA) is 52.3 Å². The van der Waals surface area contributed by atoms with Crippen LogP contribution in [0.5, 0.6) is 5.75 Å². The van der Waals surface area contributed by atoms with Crippen molar-refractivity contribution >= 4 is 5.78 Å². The van der Waals surface area contributed by atoms with E-state index in [0.717, 1.165) is 12.0 Å². The summed E-state index contributed by atoms with van der Waals surface area (Å²) in [5, 5.41) is 0. The first-order chi connectivity index (χ1) is 9.65. The van der Waals surface area contributed by atoms with E-state index in [1.54, 1.807) is 19.2 Å². The van der Waals surface area contributed by atoms with Gasteiger partial charge < -0.3 is 10.5 Å². The summed E-state index contributed by atoms with van der Waals surface area (Å²) in [6.45, 7) is 2.04. The molecule has 1 atom stereocenters. The van der Waals surface area contributed by atoms with Gasteiger partial charge in [-0.15, -0.1) is 0 Å². The van der Waals surface area contributed by atoms with Crippen molar-refractivity contribution < 1.29 is 9.53 Å². The lowest BCUT2D eigenvalue weighted by Gasteiger charge is -2.10. The average Bonchev–Trinajstić information content (AvgIpc) is 2.53. The molecule has 0 aromatic heterocycles. The van der Waals surface area contributed by atoms with Crippen molar-refractivity contribution in [2.24, 2.45) is 5.73 Å². The minimum Gasteiger partial charge on any atom is -0.497 e. The fourth-order valence-corrected chi connectivity index (χ4v) is 2.05. The molecule has 0 aliphatic carbocycles. The Bertz CT molecular complexity index is 590. The molecule has 0 radical (unpaired) electrons. The van der Waals surface area contributed by atoms with E-state index in [-0.39, 0.29) is 11.8 Å². The molecule has 20 heavy (non-hydrogen) atoms. The number of carbonyl (C=O) groups excluding carboxylic acids is 1. The van der Waals surface area contributed by atoms with E-state index in [4.69, 9.17) is 10.5 Å². The SMILES string of the molecule is CCC(N)c1ccc(C(=O)c2cccc(OC)c2)cc1. The third kappa shape index (κ3) is 3.06. The minimum atomic E-state index is -0.0134. The molecule has 0 amide bonds. The predicted octanol–water partition coefficient (Wildman–Crippen LogP) is 3.34. The van der Waals surface area contributed by atoms with Gasteiger partial charge >= 0.3 is 0 Å². The van der Waals surface area contributed by atoms with Gasteiger partial charge in [-0.2, -0.15) is 0 Å². The number of nitrogens with two attached hydrogens (primary N) is 1. The molecule has 0 spiro atoms. The van der Waals surface area contributed by atoms with Crippen LogP contribution in [0.4, 0.5) is 0 Å². The van der Waals surface area contributed by atoms with Gasteiger partial charge in [0.1, 0.15) is 5.75 Å². The third-order valence-corrected chi connectivity index (χ3v) is 3.37. The quantitative estimate of drug-likeness (QED) is 0.847. The molecule has 1 unspecified atom stereocenters. The molecule has 2 aromatic carbocycles. The largest absolute Gasteiger partial charge is 0.497 e. The summed E-state index contributed by atoms with van der Waals surface area (Å²) in [5.74, 6) is 0.668. The Kier molecular flexibility index (Phi) is 4.53. The van der Waals surface area contributed by atoms with Gasteiger partial charge in [0.15, 0.2) is 5.78 Å². The van der Waals surface area contributed by atoms with E-state index in [9.17, 15) is 4.79 Å². The van der Waals surface area contributed by atoms with Crippen LogP contribution in [-0.2, 0) is 0 Å². The number of hydrogen-bond donors (Lipinski definition) is 1. The van der Waals surface area contributed by atoms with E-state index in [0.29, 0.717) is 16.9 Å². The molecule has 2 N–H and O–H groups in total. The van der Waals surface area contributed by atoms with Crippen molar-refractivity contribution in [3.8, 4) is 5.75 Å². The van der Waals surface area contributed by atoms with Crippen molar-refractivity contribution in [2.45, 2.75) is 19.4 Å². The second-order valence-electron chi connectivity index (χ2n) is 4.70. The molecule has 0 saturated heterocycles. The molecule has 3 nitrogen and oxygen atoms in total. The number of ether oxygens (including phenoxy) is 1. The van der Waals surface area contributed by atoms with Crippen LogP contribution >= 0.6 is 0 Å². The Labute approximate surface area is 119 Å². The fraction of sp³-hybridized carbons (Fsp3) is 0.235. The number of hydrogen-bond acceptors (Lipinski definition) is 3. The van der Waals surface area contributed by atoms with Crippen LogP contribution in [0.2, 0.25) is 0 Å². The number of rotatable bonds is 5. The van der Waals surface area contributed by atoms with Crippen LogP contribution in [0.25, 0.3) is 0 Å². The normalized spacial score (nSPS) is 11.9. The first kappa shape index (κ1) is 14.3. The summed E-state index contributed by atoms with van der Waals surface area (Å²) in [5.41, 5.74) is 8.30. The van der Waals surface area contributed by atoms with Gasteiger partial charge in [0.2, 0.25) is 0 Å². The monoisotopic (exact) mass is 269 g/mol. The number of methoxy groups -OCH3 is 1. The van der Waals surface area contributed by atoms with Gasteiger partial charge in [-0.05, 0) is 24.1 Å². The van der Waals surface area contributed by atoms with E-state index >= 15 is 0 Å². The van der Waals surface area contributed by atoms with Crippen molar-refractivity contribution in [1.82, 2.24) is 0 Å². The van der Waals surface area contributed by atoms with Gasteiger partial charge in [-0.25, -0.2) is 0 Å². The van der Waals surface area contributed by atoms with Gasteiger partial charge in [0.25, 0.3) is 0 Å². The standard InChI is InChI=1S/C17H19NO2/c1-3-16(18)12-7-9-13(10-8-12)17(19)14-5-4-6-15(11-14)20-2/h4-11,16H,3,18H2,1-2H3. The molecule has 0 aliphatic heterocycles. The zero-order valence-corrected chi connectivity index (χ0v) is 11.8. The molecule has 0 bridgehead atoms. The van der Waals surface area contributed by atoms with Crippen molar-refractivity contribution in [1.29, 1.82) is 0 Å². The lowest BCUT2D eigenvalue weighted by molar-refractivity contribution is 0.103. The van der Waals surface area contributed by atoms with Crippen molar-refractivity contribution in [3.05, 3.63) is 65.2 Å². The van der Waals surface area contributed by atoms with Crippen molar-refractivity contribution in [3.63, 3.8) is 0 Å². The average molecular weight is 269 g/mol. The maximum absolute atomic E-state index is 12.4. The van der Waals surface area contributed by atoms with Crippen LogP contribution in [0.1, 0.15) is 40.9 Å². The second kappa shape index (κ2) is 6.35. The fourth-order valence-electron chi connectivity index (χ4n) is 2.05. The number of benzene rings is 2. The molecular formula is C17H19NO2. The Hall–Kier alpha value is -2.13. The highest BCUT2D eigenvalue weighted by Crippen LogP contribution is 2.19. The summed E-state index contributed by atoms with van der Waals surface area (Å²) in [7, 11) is 1.59. The zero-order valence-electron chi connectivity index (χ0n) is 11.8. The highest BCUT2D eigenvalue weighted by atomic mass is 16.5. The lowest BCUT2D eigenvalue weighted by atomic mass is 9.99. The highest BCUT2D eigenvalue weighted by Gasteiger charge is 2.11. The summed E-state index contributed by atoms with van der Waals surface area (Å²) in [6, 6.07) is 14.7. The van der Waals surface area contributed by atoms with Gasteiger partial charge in [-0.3, -0.25) is 4.79 Å². The van der Waals surface area contributed by atoms with Gasteiger partial charge in [0.05, 0.1) is 7.11 Å². The van der Waals surface area contributed by atoms with Crippen LogP contribution < -0.4 is 10.5 Å². The molecule has 104 valence electrons. The van der Waals surface area contributed by atoms with E-state index in [1.807, 2.05) is 43.3 Å². The molecule has 3 heteroatoms. The first-order valence-corrected chi connectivity index (χ1v) is 6.70. The second-order valence-corrected chi connectivity index (χ2v) is 4.70. The summed E-state index contributed by atoms with van der Waals surface area (Å²) in [6.07, 6.45) is 0.878. The number of carbonyl (C=O) groups is 1. The van der Waals surface area contributed by atoms with E-state index in [1.165, 1.54) is 0 Å². The first-order valence-electron chi connectivity index (χ1n) is 6.70. The molecule has 0 heterocycles. The molecule has 2 rings (SSSR count). The van der Waals surface area contributed by atoms with Crippen LogP contribution in [0, 0.1) is 0 Å². The Morgan fingerprint density at radius 3 is 2.45 bits per heavy atom. The Morgan fingerprint density at radius 2 is 1.85 bits per heavy atom. The molecule has 2 aromatic rings. The molecule has 0 saturated carbocycles. The van der Waals surface area contributed by atoms with E-state index < -0.39 is 0 Å². The lowest BCUT2D eigenvalue weighted by Crippen LogP contribution is -2.09. The number of ketones is 1. The maximum atomic E-state index is 12.4. The summed E-state index contributed by atoms with van der Waals surface area (Å²) < 4.78 is 5.14. The Morgan fingerprint density at radius 1 is 1.15 bits per heavy atom.